The van der Waals surface area contributed by atoms with Gasteiger partial charge in [0.05, 0.1) is 16.4 Å². The number of hydrogen-bond acceptors (Lipinski definition) is 1. The Hall–Kier alpha value is -7.46. The number of hydrogen-bond donors (Lipinski definition) is 0. The fourth-order valence-electron chi connectivity index (χ4n) is 11.8. The first-order valence-corrected chi connectivity index (χ1v) is 22.2. The summed E-state index contributed by atoms with van der Waals surface area (Å²) >= 11 is 0. The van der Waals surface area contributed by atoms with E-state index in [1.54, 1.807) is 0 Å². The van der Waals surface area contributed by atoms with Gasteiger partial charge < -0.3 is 8.98 Å². The van der Waals surface area contributed by atoms with Crippen molar-refractivity contribution in [1.82, 2.24) is 9.05 Å². The zero-order valence-corrected chi connectivity index (χ0v) is 35.9. The van der Waals surface area contributed by atoms with Crippen molar-refractivity contribution in [2.24, 2.45) is 0 Å². The molecule has 3 nitrogen and oxygen atoms in total. The Morgan fingerprint density at radius 1 is 0.397 bits per heavy atom. The van der Waals surface area contributed by atoms with Gasteiger partial charge in [-0.1, -0.05) is 149 Å². The van der Waals surface area contributed by atoms with Gasteiger partial charge in [0, 0.05) is 74.6 Å². The van der Waals surface area contributed by atoms with Crippen molar-refractivity contribution in [2.75, 3.05) is 0 Å². The van der Waals surface area contributed by atoms with Crippen molar-refractivity contribution in [2.45, 2.75) is 38.5 Å². The molecule has 2 heterocycles. The molecule has 0 aliphatic heterocycles. The highest BCUT2D eigenvalue weighted by atomic mass is 16.3. The summed E-state index contributed by atoms with van der Waals surface area (Å²) < 4.78 is 9.54. The predicted molar refractivity (Wildman–Crippen MR) is 263 cm³/mol. The van der Waals surface area contributed by atoms with Crippen molar-refractivity contribution in [3.8, 4) is 27.9 Å². The lowest BCUT2D eigenvalue weighted by molar-refractivity contribution is 0.650. The quantitative estimate of drug-likeness (QED) is 0.158. The molecule has 2 aromatic heterocycles. The minimum absolute atomic E-state index is 0.208. The van der Waals surface area contributed by atoms with E-state index in [1.165, 1.54) is 77.7 Å². The summed E-state index contributed by atoms with van der Waals surface area (Å²) in [6, 6.07) is 74.6. The minimum Gasteiger partial charge on any atom is -0.456 e. The number of fused-ring (bicyclic) bond motifs is 12. The SMILES string of the molecule is CC1(C)c2ccccc2-c2ccc([N+](c3ccc4c(c3)c3ccccc3n4-c3ccccc3)(c3cccc4c3-c3ccccc3C4(C)C)c3cccc4oc5ccccc5c34)cc21. The Morgan fingerprint density at radius 3 is 1.81 bits per heavy atom. The fraction of sp³-hybridized carbons (Fsp3) is 0.100. The number of aromatic nitrogens is 1. The molecule has 63 heavy (non-hydrogen) atoms. The molecule has 1 atom stereocenters. The van der Waals surface area contributed by atoms with E-state index in [-0.39, 0.29) is 10.8 Å². The maximum atomic E-state index is 6.79. The molecule has 2 aliphatic carbocycles. The molecule has 9 aromatic carbocycles. The van der Waals surface area contributed by atoms with Crippen LogP contribution in [-0.4, -0.2) is 4.57 Å². The van der Waals surface area contributed by atoms with E-state index in [0.29, 0.717) is 4.48 Å². The lowest BCUT2D eigenvalue weighted by Crippen LogP contribution is -2.34. The molecule has 3 heteroatoms. The van der Waals surface area contributed by atoms with Gasteiger partial charge in [-0.25, -0.2) is 0 Å². The lowest BCUT2D eigenvalue weighted by atomic mass is 9.81. The van der Waals surface area contributed by atoms with Crippen LogP contribution >= 0.6 is 0 Å². The Kier molecular flexibility index (Phi) is 7.36. The normalized spacial score (nSPS) is 15.4. The van der Waals surface area contributed by atoms with Crippen molar-refractivity contribution in [3.05, 3.63) is 222 Å². The van der Waals surface area contributed by atoms with Gasteiger partial charge in [-0.15, -0.1) is 0 Å². The summed E-state index contributed by atoms with van der Waals surface area (Å²) in [5.41, 5.74) is 20.1. The molecule has 300 valence electrons. The molecule has 13 rings (SSSR count). The van der Waals surface area contributed by atoms with E-state index in [4.69, 9.17) is 4.42 Å². The number of rotatable bonds is 5. The average Bonchev–Trinajstić information content (AvgIpc) is 4.01. The largest absolute Gasteiger partial charge is 0.456 e. The number of nitrogens with zero attached hydrogens (tertiary/aromatic N) is 2. The third kappa shape index (κ3) is 4.72. The van der Waals surface area contributed by atoms with Crippen LogP contribution in [-0.2, 0) is 10.8 Å². The molecule has 0 bridgehead atoms. The molecule has 2 aliphatic rings. The van der Waals surface area contributed by atoms with Crippen LogP contribution in [0.25, 0.3) is 71.7 Å². The predicted octanol–water partition coefficient (Wildman–Crippen LogP) is 16.6. The molecule has 0 saturated carbocycles. The van der Waals surface area contributed by atoms with Crippen LogP contribution in [0.5, 0.6) is 0 Å². The van der Waals surface area contributed by atoms with Crippen molar-refractivity contribution >= 4 is 66.5 Å². The first-order valence-electron chi connectivity index (χ1n) is 22.2. The monoisotopic (exact) mass is 809 g/mol. The Bertz CT molecular complexity index is 3700. The summed E-state index contributed by atoms with van der Waals surface area (Å²) in [7, 11) is 0. The van der Waals surface area contributed by atoms with Gasteiger partial charge in [0.2, 0.25) is 0 Å². The first-order chi connectivity index (χ1) is 30.8. The summed E-state index contributed by atoms with van der Waals surface area (Å²) in [5, 5.41) is 4.65. The molecule has 0 radical (unpaired) electrons. The van der Waals surface area contributed by atoms with Gasteiger partial charge in [-0.05, 0) is 81.4 Å². The van der Waals surface area contributed by atoms with E-state index in [2.05, 4.69) is 232 Å². The van der Waals surface area contributed by atoms with Gasteiger partial charge >= 0.3 is 0 Å². The zero-order valence-electron chi connectivity index (χ0n) is 35.9. The van der Waals surface area contributed by atoms with Gasteiger partial charge in [-0.2, -0.15) is 4.48 Å². The second-order valence-corrected chi connectivity index (χ2v) is 18.6. The molecule has 0 amide bonds. The zero-order chi connectivity index (χ0) is 42.2. The third-order valence-electron chi connectivity index (χ3n) is 14.7. The molecule has 1 unspecified atom stereocenters. The van der Waals surface area contributed by atoms with E-state index in [1.807, 2.05) is 0 Å². The summed E-state index contributed by atoms with van der Waals surface area (Å²) in [6.07, 6.45) is 0. The van der Waals surface area contributed by atoms with E-state index < -0.39 is 0 Å². The van der Waals surface area contributed by atoms with Crippen LogP contribution < -0.4 is 4.48 Å². The number of quaternary nitrogens is 1. The molecule has 0 fully saturated rings. The smallest absolute Gasteiger partial charge is 0.160 e. The maximum absolute atomic E-state index is 6.79. The number of furan rings is 1. The van der Waals surface area contributed by atoms with Crippen LogP contribution in [0.1, 0.15) is 49.9 Å². The van der Waals surface area contributed by atoms with Crippen molar-refractivity contribution < 1.29 is 4.42 Å². The van der Waals surface area contributed by atoms with E-state index >= 15 is 0 Å². The molecule has 0 saturated heterocycles. The van der Waals surface area contributed by atoms with Crippen LogP contribution in [0, 0.1) is 0 Å². The third-order valence-corrected chi connectivity index (χ3v) is 14.7. The van der Waals surface area contributed by atoms with Gasteiger partial charge in [0.1, 0.15) is 22.5 Å². The Balaban J connectivity index is 1.25. The fourth-order valence-corrected chi connectivity index (χ4v) is 11.8. The van der Waals surface area contributed by atoms with Crippen molar-refractivity contribution in [3.63, 3.8) is 0 Å². The molecular weight excluding hydrogens is 765 g/mol. The average molecular weight is 810 g/mol. The van der Waals surface area contributed by atoms with Gasteiger partial charge in [-0.3, -0.25) is 0 Å². The highest BCUT2D eigenvalue weighted by Gasteiger charge is 2.49. The number of para-hydroxylation sites is 3. The van der Waals surface area contributed by atoms with Crippen LogP contribution in [0.3, 0.4) is 0 Å². The van der Waals surface area contributed by atoms with Gasteiger partial charge in [0.25, 0.3) is 0 Å². The van der Waals surface area contributed by atoms with Crippen LogP contribution in [0.2, 0.25) is 0 Å². The first kappa shape index (κ1) is 36.2. The molecular formula is C60H45N2O+. The van der Waals surface area contributed by atoms with E-state index in [9.17, 15) is 0 Å². The second kappa shape index (κ2) is 12.8. The molecule has 0 spiro atoms. The van der Waals surface area contributed by atoms with Crippen LogP contribution in [0.15, 0.2) is 205 Å². The Morgan fingerprint density at radius 2 is 0.968 bits per heavy atom. The maximum Gasteiger partial charge on any atom is 0.160 e. The van der Waals surface area contributed by atoms with E-state index in [0.717, 1.165) is 39.0 Å². The summed E-state index contributed by atoms with van der Waals surface area (Å²) in [4.78, 5) is 0. The molecule has 0 N–H and O–H groups in total. The lowest BCUT2D eigenvalue weighted by Gasteiger charge is -2.39. The second-order valence-electron chi connectivity index (χ2n) is 18.6. The standard InChI is InChI=1S/C60H45N2O/c1-59(2)48-25-13-9-22-44(48)57-49(59)26-16-28-53(57)62(54-29-17-31-56-58(54)45-23-11-15-30-55(45)63-56,40-32-34-42-41-20-8-12-24-47(41)60(3,4)50(42)37-40)39-33-35-52-46(36-39)43-21-10-14-27-51(43)61(52)38-18-6-5-7-19-38/h5-37H,1-4H3/q+1. The highest BCUT2D eigenvalue weighted by Crippen LogP contribution is 2.63. The summed E-state index contributed by atoms with van der Waals surface area (Å²) in [5.74, 6) is 0. The number of benzene rings is 9. The summed E-state index contributed by atoms with van der Waals surface area (Å²) in [6.45, 7) is 9.56. The van der Waals surface area contributed by atoms with Crippen LogP contribution in [0.4, 0.5) is 22.7 Å². The highest BCUT2D eigenvalue weighted by molar-refractivity contribution is 6.16. The topological polar surface area (TPSA) is 18.1 Å². The van der Waals surface area contributed by atoms with Gasteiger partial charge in [0.15, 0.2) is 11.4 Å². The molecule has 11 aromatic rings. The Labute approximate surface area is 367 Å². The minimum atomic E-state index is -0.216. The van der Waals surface area contributed by atoms with Crippen molar-refractivity contribution in [1.29, 1.82) is 0 Å².